The number of nitrogens with zero attached hydrogens (tertiary/aromatic N) is 3. The molecule has 1 aromatic heterocycles. The molecule has 172 valence electrons. The summed E-state index contributed by atoms with van der Waals surface area (Å²) in [5.74, 6) is 7.43. The van der Waals surface area contributed by atoms with Crippen LogP contribution in [0.15, 0.2) is 12.3 Å². The zero-order chi connectivity index (χ0) is 22.8. The van der Waals surface area contributed by atoms with Gasteiger partial charge in [-0.05, 0) is 44.6 Å². The first kappa shape index (κ1) is 22.6. The number of carbonyl (C=O) groups is 2. The second-order valence-corrected chi connectivity index (χ2v) is 9.66. The zero-order valence-electron chi connectivity index (χ0n) is 19.2. The van der Waals surface area contributed by atoms with Crippen LogP contribution in [0.5, 0.6) is 5.88 Å². The highest BCUT2D eigenvalue weighted by atomic mass is 16.5. The summed E-state index contributed by atoms with van der Waals surface area (Å²) < 4.78 is 6.25. The first-order valence-electron chi connectivity index (χ1n) is 11.7. The highest BCUT2D eigenvalue weighted by Crippen LogP contribution is 2.33. The van der Waals surface area contributed by atoms with Crippen LogP contribution in [0.3, 0.4) is 0 Å². The number of aliphatic hydroxyl groups excluding tert-OH is 1. The maximum atomic E-state index is 13.4. The van der Waals surface area contributed by atoms with Gasteiger partial charge in [-0.25, -0.2) is 4.98 Å². The Morgan fingerprint density at radius 1 is 1.38 bits per heavy atom. The van der Waals surface area contributed by atoms with Gasteiger partial charge in [-0.15, -0.1) is 0 Å². The highest BCUT2D eigenvalue weighted by molar-refractivity contribution is 5.97. The summed E-state index contributed by atoms with van der Waals surface area (Å²) in [6, 6.07) is 1.40. The van der Waals surface area contributed by atoms with E-state index < -0.39 is 0 Å². The molecule has 1 N–H and O–H groups in total. The molecular weight excluding hydrogens is 406 g/mol. The number of fused-ring (bicyclic) bond motifs is 1. The fourth-order valence-corrected chi connectivity index (χ4v) is 3.90. The van der Waals surface area contributed by atoms with Crippen LogP contribution in [-0.4, -0.2) is 70.6 Å². The van der Waals surface area contributed by atoms with Gasteiger partial charge in [0.05, 0.1) is 19.2 Å². The van der Waals surface area contributed by atoms with Crippen LogP contribution >= 0.6 is 0 Å². The topological polar surface area (TPSA) is 83.0 Å². The van der Waals surface area contributed by atoms with Crippen molar-refractivity contribution in [1.82, 2.24) is 14.8 Å². The normalized spacial score (nSPS) is 23.8. The SMILES string of the molecule is C[C@H](CO)N1C[C@H](C)[C@H](CN(C)C(=O)CC2CC2)Oc2ncc(C#CC3CC3)cc2C1=O. The molecule has 3 aliphatic rings. The summed E-state index contributed by atoms with van der Waals surface area (Å²) >= 11 is 0. The van der Waals surface area contributed by atoms with Gasteiger partial charge in [-0.3, -0.25) is 9.59 Å². The van der Waals surface area contributed by atoms with Crippen molar-refractivity contribution in [3.63, 3.8) is 0 Å². The number of likely N-dealkylation sites (N-methyl/N-ethyl adjacent to an activating group) is 1. The van der Waals surface area contributed by atoms with Crippen molar-refractivity contribution < 1.29 is 19.4 Å². The monoisotopic (exact) mass is 439 g/mol. The molecule has 0 aromatic carbocycles. The largest absolute Gasteiger partial charge is 0.472 e. The molecule has 0 spiro atoms. The van der Waals surface area contributed by atoms with Gasteiger partial charge in [0.2, 0.25) is 11.8 Å². The van der Waals surface area contributed by atoms with E-state index in [4.69, 9.17) is 4.74 Å². The quantitative estimate of drug-likeness (QED) is 0.688. The summed E-state index contributed by atoms with van der Waals surface area (Å²) in [5, 5.41) is 9.77. The maximum absolute atomic E-state index is 13.4. The number of amides is 2. The first-order valence-corrected chi connectivity index (χ1v) is 11.7. The molecule has 2 aliphatic carbocycles. The second-order valence-electron chi connectivity index (χ2n) is 9.66. The fourth-order valence-electron chi connectivity index (χ4n) is 3.90. The number of hydrogen-bond donors (Lipinski definition) is 1. The Morgan fingerprint density at radius 2 is 2.12 bits per heavy atom. The molecule has 0 saturated heterocycles. The number of carbonyl (C=O) groups excluding carboxylic acids is 2. The number of aromatic nitrogens is 1. The number of ether oxygens (including phenoxy) is 1. The van der Waals surface area contributed by atoms with Crippen molar-refractivity contribution in [1.29, 1.82) is 0 Å². The zero-order valence-corrected chi connectivity index (χ0v) is 19.2. The van der Waals surface area contributed by atoms with E-state index in [0.717, 1.165) is 25.7 Å². The van der Waals surface area contributed by atoms with Crippen molar-refractivity contribution in [3.8, 4) is 17.7 Å². The third kappa shape index (κ3) is 5.42. The molecule has 4 rings (SSSR count). The molecule has 7 nitrogen and oxygen atoms in total. The van der Waals surface area contributed by atoms with Gasteiger partial charge in [0.15, 0.2) is 0 Å². The lowest BCUT2D eigenvalue weighted by molar-refractivity contribution is -0.131. The minimum Gasteiger partial charge on any atom is -0.472 e. The summed E-state index contributed by atoms with van der Waals surface area (Å²) in [5.41, 5.74) is 1.04. The molecule has 2 amide bonds. The van der Waals surface area contributed by atoms with E-state index >= 15 is 0 Å². The van der Waals surface area contributed by atoms with Crippen molar-refractivity contribution in [3.05, 3.63) is 23.4 Å². The number of rotatable bonds is 6. The molecule has 0 bridgehead atoms. The molecule has 32 heavy (non-hydrogen) atoms. The Morgan fingerprint density at radius 3 is 2.78 bits per heavy atom. The smallest absolute Gasteiger partial charge is 0.259 e. The van der Waals surface area contributed by atoms with Gasteiger partial charge in [0, 0.05) is 43.6 Å². The van der Waals surface area contributed by atoms with Crippen molar-refractivity contribution in [2.45, 2.75) is 58.1 Å². The van der Waals surface area contributed by atoms with E-state index in [9.17, 15) is 14.7 Å². The lowest BCUT2D eigenvalue weighted by Crippen LogP contribution is -2.50. The molecule has 3 atom stereocenters. The van der Waals surface area contributed by atoms with Crippen molar-refractivity contribution >= 4 is 11.8 Å². The van der Waals surface area contributed by atoms with Crippen molar-refractivity contribution in [2.75, 3.05) is 26.7 Å². The van der Waals surface area contributed by atoms with Gasteiger partial charge < -0.3 is 19.6 Å². The van der Waals surface area contributed by atoms with Gasteiger partial charge >= 0.3 is 0 Å². The number of pyridine rings is 1. The summed E-state index contributed by atoms with van der Waals surface area (Å²) in [7, 11) is 1.81. The van der Waals surface area contributed by atoms with E-state index in [-0.39, 0.29) is 42.4 Å². The van der Waals surface area contributed by atoms with E-state index in [2.05, 4.69) is 16.8 Å². The standard InChI is InChI=1S/C25H33N3O4/c1-16-13-28(17(2)15-29)25(31)21-10-20(9-6-18-4-5-18)12-26-24(21)32-22(16)14-27(3)23(30)11-19-7-8-19/h10,12,16-19,22,29H,4-5,7-8,11,13-15H2,1-3H3/t16-,17+,22-/m0/s1. The van der Waals surface area contributed by atoms with Crippen LogP contribution in [0.4, 0.5) is 0 Å². The van der Waals surface area contributed by atoms with E-state index in [1.807, 2.05) is 20.9 Å². The molecule has 2 saturated carbocycles. The van der Waals surface area contributed by atoms with Crippen LogP contribution in [-0.2, 0) is 4.79 Å². The maximum Gasteiger partial charge on any atom is 0.259 e. The highest BCUT2D eigenvalue weighted by Gasteiger charge is 2.35. The lowest BCUT2D eigenvalue weighted by atomic mass is 9.99. The summed E-state index contributed by atoms with van der Waals surface area (Å²) in [4.78, 5) is 33.8. The lowest BCUT2D eigenvalue weighted by Gasteiger charge is -2.37. The molecule has 2 fully saturated rings. The third-order valence-corrected chi connectivity index (χ3v) is 6.56. The van der Waals surface area contributed by atoms with E-state index in [0.29, 0.717) is 42.5 Å². The first-order chi connectivity index (χ1) is 15.4. The van der Waals surface area contributed by atoms with Gasteiger partial charge in [-0.1, -0.05) is 18.8 Å². The number of hydrogen-bond acceptors (Lipinski definition) is 5. The predicted molar refractivity (Wildman–Crippen MR) is 120 cm³/mol. The Bertz CT molecular complexity index is 929. The minimum absolute atomic E-state index is 0.0478. The Balaban J connectivity index is 1.60. The predicted octanol–water partition coefficient (Wildman–Crippen LogP) is 2.32. The third-order valence-electron chi connectivity index (χ3n) is 6.56. The van der Waals surface area contributed by atoms with Gasteiger partial charge in [0.1, 0.15) is 11.7 Å². The molecule has 2 heterocycles. The molecule has 1 aromatic rings. The van der Waals surface area contributed by atoms with Crippen LogP contribution in [0.2, 0.25) is 0 Å². The van der Waals surface area contributed by atoms with Crippen LogP contribution in [0.25, 0.3) is 0 Å². The number of aliphatic hydroxyl groups is 1. The summed E-state index contributed by atoms with van der Waals surface area (Å²) in [6.07, 6.45) is 6.43. The van der Waals surface area contributed by atoms with Crippen LogP contribution < -0.4 is 4.74 Å². The molecular formula is C25H33N3O4. The molecule has 0 unspecified atom stereocenters. The van der Waals surface area contributed by atoms with E-state index in [1.54, 1.807) is 22.1 Å². The fraction of sp³-hybridized carbons (Fsp3) is 0.640. The average molecular weight is 440 g/mol. The Hall–Kier alpha value is -2.59. The Labute approximate surface area is 190 Å². The molecule has 0 radical (unpaired) electrons. The van der Waals surface area contributed by atoms with Crippen molar-refractivity contribution in [2.24, 2.45) is 17.8 Å². The van der Waals surface area contributed by atoms with Gasteiger partial charge in [0.25, 0.3) is 5.91 Å². The second kappa shape index (κ2) is 9.50. The Kier molecular flexibility index (Phi) is 6.71. The molecule has 7 heteroatoms. The van der Waals surface area contributed by atoms with E-state index in [1.165, 1.54) is 0 Å². The molecule has 1 aliphatic heterocycles. The minimum atomic E-state index is -0.341. The van der Waals surface area contributed by atoms with Crippen LogP contribution in [0.1, 0.15) is 61.9 Å². The average Bonchev–Trinajstić information content (AvgIpc) is 3.70. The summed E-state index contributed by atoms with van der Waals surface area (Å²) in [6.45, 7) is 4.56. The van der Waals surface area contributed by atoms with Crippen LogP contribution in [0, 0.1) is 29.6 Å². The van der Waals surface area contributed by atoms with Gasteiger partial charge in [-0.2, -0.15) is 0 Å².